The fraction of sp³-hybridized carbons (Fsp3) is 0.462. The van der Waals surface area contributed by atoms with E-state index < -0.39 is 0 Å². The van der Waals surface area contributed by atoms with E-state index in [1.807, 2.05) is 32.0 Å². The number of nitrogens with one attached hydrogen (secondary N) is 2. The first-order chi connectivity index (χ1) is 8.56. The Morgan fingerprint density at radius 2 is 2.22 bits per heavy atom. The molecule has 0 radical (unpaired) electrons. The molecule has 0 heterocycles. The zero-order valence-corrected chi connectivity index (χ0v) is 11.7. The predicted molar refractivity (Wildman–Crippen MR) is 74.2 cm³/mol. The third-order valence-electron chi connectivity index (χ3n) is 2.64. The molecule has 5 heteroatoms. The van der Waals surface area contributed by atoms with Crippen LogP contribution in [0.2, 0.25) is 5.02 Å². The highest BCUT2D eigenvalue weighted by atomic mass is 35.5. The molecule has 0 spiro atoms. The number of carbonyl (C=O) groups excluding carboxylic acids is 1. The van der Waals surface area contributed by atoms with Crippen molar-refractivity contribution in [1.29, 1.82) is 0 Å². The zero-order valence-electron chi connectivity index (χ0n) is 10.9. The minimum atomic E-state index is -0.320. The minimum Gasteiger partial charge on any atom is -0.383 e. The van der Waals surface area contributed by atoms with Crippen molar-refractivity contribution in [3.63, 3.8) is 0 Å². The number of hydrogen-bond donors (Lipinski definition) is 2. The normalized spacial score (nSPS) is 12.0. The van der Waals surface area contributed by atoms with E-state index in [1.54, 1.807) is 7.11 Å². The lowest BCUT2D eigenvalue weighted by atomic mass is 10.2. The Kier molecular flexibility index (Phi) is 5.95. The van der Waals surface area contributed by atoms with Crippen LogP contribution in [0.3, 0.4) is 0 Å². The van der Waals surface area contributed by atoms with Gasteiger partial charge in [-0.1, -0.05) is 17.7 Å². The van der Waals surface area contributed by atoms with E-state index in [0.29, 0.717) is 18.2 Å². The van der Waals surface area contributed by atoms with Crippen LogP contribution < -0.4 is 10.6 Å². The fourth-order valence-corrected chi connectivity index (χ4v) is 1.67. The molecule has 0 aliphatic heterocycles. The van der Waals surface area contributed by atoms with Gasteiger partial charge in [-0.15, -0.1) is 0 Å². The number of hydrogen-bond acceptors (Lipinski definition) is 3. The van der Waals surface area contributed by atoms with Crippen molar-refractivity contribution in [3.8, 4) is 0 Å². The summed E-state index contributed by atoms with van der Waals surface area (Å²) >= 11 is 6.02. The van der Waals surface area contributed by atoms with Gasteiger partial charge in [-0.3, -0.25) is 4.79 Å². The van der Waals surface area contributed by atoms with Gasteiger partial charge in [0.05, 0.1) is 6.61 Å². The van der Waals surface area contributed by atoms with Gasteiger partial charge in [-0.2, -0.15) is 0 Å². The molecule has 1 rings (SSSR count). The molecule has 1 aromatic carbocycles. The van der Waals surface area contributed by atoms with Crippen molar-refractivity contribution in [2.24, 2.45) is 0 Å². The summed E-state index contributed by atoms with van der Waals surface area (Å²) in [5, 5.41) is 6.61. The number of halogens is 1. The van der Waals surface area contributed by atoms with Crippen LogP contribution in [0.25, 0.3) is 0 Å². The molecular weight excluding hydrogens is 252 g/mol. The Hall–Kier alpha value is -1.26. The summed E-state index contributed by atoms with van der Waals surface area (Å²) in [5.41, 5.74) is 1.81. The van der Waals surface area contributed by atoms with Crippen molar-refractivity contribution in [2.75, 3.05) is 25.6 Å². The first-order valence-corrected chi connectivity index (χ1v) is 6.22. The van der Waals surface area contributed by atoms with Crippen LogP contribution in [0.15, 0.2) is 18.2 Å². The van der Waals surface area contributed by atoms with Gasteiger partial charge in [0.25, 0.3) is 0 Å². The zero-order chi connectivity index (χ0) is 13.5. The van der Waals surface area contributed by atoms with Crippen molar-refractivity contribution < 1.29 is 9.53 Å². The van der Waals surface area contributed by atoms with E-state index in [0.717, 1.165) is 11.3 Å². The smallest absolute Gasteiger partial charge is 0.242 e. The molecular formula is C13H19ClN2O2. The van der Waals surface area contributed by atoms with Crippen molar-refractivity contribution in [2.45, 2.75) is 19.9 Å². The van der Waals surface area contributed by atoms with Gasteiger partial charge >= 0.3 is 0 Å². The summed E-state index contributed by atoms with van der Waals surface area (Å²) in [6, 6.07) is 5.26. The Labute approximate surface area is 113 Å². The summed E-state index contributed by atoms with van der Waals surface area (Å²) in [6.07, 6.45) is 0. The molecule has 0 aromatic heterocycles. The van der Waals surface area contributed by atoms with Crippen LogP contribution in [0, 0.1) is 6.92 Å². The molecule has 1 aromatic rings. The van der Waals surface area contributed by atoms with Gasteiger partial charge < -0.3 is 15.4 Å². The summed E-state index contributed by atoms with van der Waals surface area (Å²) in [4.78, 5) is 11.8. The number of rotatable bonds is 6. The Morgan fingerprint density at radius 1 is 1.50 bits per heavy atom. The van der Waals surface area contributed by atoms with Crippen LogP contribution in [-0.2, 0) is 9.53 Å². The monoisotopic (exact) mass is 270 g/mol. The molecule has 0 aliphatic carbocycles. The molecule has 1 atom stereocenters. The van der Waals surface area contributed by atoms with Crippen LogP contribution in [0.5, 0.6) is 0 Å². The van der Waals surface area contributed by atoms with E-state index >= 15 is 0 Å². The number of ether oxygens (including phenoxy) is 1. The Morgan fingerprint density at radius 3 is 2.89 bits per heavy atom. The molecule has 1 unspecified atom stereocenters. The van der Waals surface area contributed by atoms with Gasteiger partial charge in [0.1, 0.15) is 6.04 Å². The lowest BCUT2D eigenvalue weighted by Crippen LogP contribution is -2.39. The largest absolute Gasteiger partial charge is 0.383 e. The van der Waals surface area contributed by atoms with Crippen LogP contribution >= 0.6 is 11.6 Å². The Balaban J connectivity index is 2.56. The summed E-state index contributed by atoms with van der Waals surface area (Å²) in [5.74, 6) is -0.0635. The highest BCUT2D eigenvalue weighted by Crippen LogP contribution is 2.23. The third kappa shape index (κ3) is 4.20. The first-order valence-electron chi connectivity index (χ1n) is 5.84. The molecule has 18 heavy (non-hydrogen) atoms. The van der Waals surface area contributed by atoms with E-state index in [1.165, 1.54) is 0 Å². The van der Waals surface area contributed by atoms with E-state index in [4.69, 9.17) is 16.3 Å². The Bertz CT molecular complexity index is 410. The van der Waals surface area contributed by atoms with E-state index in [9.17, 15) is 4.79 Å². The standard InChI is InChI=1S/C13H19ClN2O2/c1-9-11(14)5-4-6-12(9)16-10(2)13(17)15-7-8-18-3/h4-6,10,16H,7-8H2,1-3H3,(H,15,17). The molecule has 0 bridgehead atoms. The van der Waals surface area contributed by atoms with Crippen LogP contribution in [-0.4, -0.2) is 32.2 Å². The van der Waals surface area contributed by atoms with E-state index in [-0.39, 0.29) is 11.9 Å². The molecule has 100 valence electrons. The van der Waals surface area contributed by atoms with E-state index in [2.05, 4.69) is 10.6 Å². The minimum absolute atomic E-state index is 0.0635. The average Bonchev–Trinajstić information content (AvgIpc) is 2.35. The maximum Gasteiger partial charge on any atom is 0.242 e. The average molecular weight is 271 g/mol. The number of methoxy groups -OCH3 is 1. The van der Waals surface area contributed by atoms with Crippen molar-refractivity contribution in [3.05, 3.63) is 28.8 Å². The second-order valence-corrected chi connectivity index (χ2v) is 4.47. The van der Waals surface area contributed by atoms with Crippen LogP contribution in [0.1, 0.15) is 12.5 Å². The van der Waals surface area contributed by atoms with Gasteiger partial charge in [0.15, 0.2) is 0 Å². The molecule has 0 fully saturated rings. The van der Waals surface area contributed by atoms with Gasteiger partial charge in [-0.05, 0) is 31.5 Å². The third-order valence-corrected chi connectivity index (χ3v) is 3.05. The quantitative estimate of drug-likeness (QED) is 0.780. The summed E-state index contributed by atoms with van der Waals surface area (Å²) < 4.78 is 4.87. The number of carbonyl (C=O) groups is 1. The maximum absolute atomic E-state index is 11.8. The van der Waals surface area contributed by atoms with Crippen LogP contribution in [0.4, 0.5) is 5.69 Å². The number of amides is 1. The summed E-state index contributed by atoms with van der Waals surface area (Å²) in [6.45, 7) is 4.74. The second kappa shape index (κ2) is 7.24. The maximum atomic E-state index is 11.8. The number of benzene rings is 1. The highest BCUT2D eigenvalue weighted by Gasteiger charge is 2.13. The number of anilines is 1. The van der Waals surface area contributed by atoms with Gasteiger partial charge in [0.2, 0.25) is 5.91 Å². The topological polar surface area (TPSA) is 50.4 Å². The van der Waals surface area contributed by atoms with Crippen molar-refractivity contribution >= 4 is 23.2 Å². The highest BCUT2D eigenvalue weighted by molar-refractivity contribution is 6.31. The molecule has 0 saturated carbocycles. The van der Waals surface area contributed by atoms with Gasteiger partial charge in [-0.25, -0.2) is 0 Å². The molecule has 0 aliphatic rings. The molecule has 0 saturated heterocycles. The summed E-state index contributed by atoms with van der Waals surface area (Å²) in [7, 11) is 1.60. The lowest BCUT2D eigenvalue weighted by Gasteiger charge is -2.17. The SMILES string of the molecule is COCCNC(=O)C(C)Nc1cccc(Cl)c1C. The molecule has 2 N–H and O–H groups in total. The van der Waals surface area contributed by atoms with Crippen molar-refractivity contribution in [1.82, 2.24) is 5.32 Å². The molecule has 4 nitrogen and oxygen atoms in total. The lowest BCUT2D eigenvalue weighted by molar-refractivity contribution is -0.121. The predicted octanol–water partition coefficient (Wildman–Crippen LogP) is 2.21. The second-order valence-electron chi connectivity index (χ2n) is 4.06. The fourth-order valence-electron chi connectivity index (χ4n) is 1.49. The first kappa shape index (κ1) is 14.8. The van der Waals surface area contributed by atoms with Gasteiger partial charge in [0, 0.05) is 24.4 Å². The molecule has 1 amide bonds.